The van der Waals surface area contributed by atoms with E-state index in [0.29, 0.717) is 10.6 Å². The minimum atomic E-state index is -0.253. The van der Waals surface area contributed by atoms with Gasteiger partial charge >= 0.3 is 0 Å². The summed E-state index contributed by atoms with van der Waals surface area (Å²) in [5.41, 5.74) is 1.77. The van der Waals surface area contributed by atoms with Crippen molar-refractivity contribution in [2.75, 3.05) is 11.2 Å². The molecule has 0 atom stereocenters. The van der Waals surface area contributed by atoms with Crippen LogP contribution in [-0.4, -0.2) is 11.8 Å². The highest BCUT2D eigenvalue weighted by Gasteiger charge is 2.21. The van der Waals surface area contributed by atoms with E-state index in [0.717, 1.165) is 24.8 Å². The van der Waals surface area contributed by atoms with E-state index in [1.54, 1.807) is 0 Å². The Bertz CT molecular complexity index is 461. The van der Waals surface area contributed by atoms with Crippen molar-refractivity contribution in [2.45, 2.75) is 25.7 Å². The van der Waals surface area contributed by atoms with Crippen LogP contribution >= 0.6 is 22.9 Å². The van der Waals surface area contributed by atoms with Crippen LogP contribution in [0.25, 0.3) is 0 Å². The number of rotatable bonds is 2. The van der Waals surface area contributed by atoms with Crippen molar-refractivity contribution >= 4 is 33.8 Å². The fourth-order valence-corrected chi connectivity index (χ4v) is 3.25. The molecule has 1 N–H and O–H groups in total. The number of aryl methyl sites for hydroxylation is 1. The summed E-state index contributed by atoms with van der Waals surface area (Å²) in [5, 5.41) is 12.5. The number of amides is 1. The van der Waals surface area contributed by atoms with Gasteiger partial charge in [-0.1, -0.05) is 0 Å². The molecule has 5 heteroatoms. The summed E-state index contributed by atoms with van der Waals surface area (Å²) in [7, 11) is 0. The molecule has 1 heterocycles. The summed E-state index contributed by atoms with van der Waals surface area (Å²) in [4.78, 5) is 12.5. The van der Waals surface area contributed by atoms with Crippen molar-refractivity contribution in [3.05, 3.63) is 16.0 Å². The summed E-state index contributed by atoms with van der Waals surface area (Å²) in [5.74, 6) is -0.329. The first kappa shape index (κ1) is 11.4. The van der Waals surface area contributed by atoms with Crippen LogP contribution in [0.15, 0.2) is 0 Å². The highest BCUT2D eigenvalue weighted by Crippen LogP contribution is 2.37. The number of hydrogen-bond acceptors (Lipinski definition) is 3. The van der Waals surface area contributed by atoms with Gasteiger partial charge in [0.25, 0.3) is 0 Å². The van der Waals surface area contributed by atoms with E-state index >= 15 is 0 Å². The molecule has 1 aliphatic rings. The van der Waals surface area contributed by atoms with E-state index in [9.17, 15) is 4.79 Å². The van der Waals surface area contributed by atoms with Gasteiger partial charge in [0.05, 0.1) is 5.56 Å². The van der Waals surface area contributed by atoms with Gasteiger partial charge in [-0.3, -0.25) is 4.79 Å². The molecule has 16 heavy (non-hydrogen) atoms. The predicted molar refractivity (Wildman–Crippen MR) is 65.0 cm³/mol. The van der Waals surface area contributed by atoms with Gasteiger partial charge in [0.1, 0.15) is 17.0 Å². The van der Waals surface area contributed by atoms with Crippen LogP contribution in [0.5, 0.6) is 0 Å². The Morgan fingerprint density at radius 1 is 1.50 bits per heavy atom. The Kier molecular flexibility index (Phi) is 3.47. The number of carbonyl (C=O) groups excluding carboxylic acids is 1. The molecule has 0 spiro atoms. The molecule has 1 aromatic rings. The lowest BCUT2D eigenvalue weighted by molar-refractivity contribution is -0.113. The van der Waals surface area contributed by atoms with Crippen molar-refractivity contribution in [3.8, 4) is 6.07 Å². The number of alkyl halides is 1. The maximum atomic E-state index is 11.2. The van der Waals surface area contributed by atoms with Crippen molar-refractivity contribution in [2.24, 2.45) is 0 Å². The molecule has 0 unspecified atom stereocenters. The second kappa shape index (κ2) is 4.86. The molecule has 2 rings (SSSR count). The van der Waals surface area contributed by atoms with Gasteiger partial charge in [0.2, 0.25) is 5.91 Å². The van der Waals surface area contributed by atoms with Crippen molar-refractivity contribution in [3.63, 3.8) is 0 Å². The maximum Gasteiger partial charge on any atom is 0.239 e. The molecular formula is C11H11ClN2OS. The zero-order valence-corrected chi connectivity index (χ0v) is 10.2. The topological polar surface area (TPSA) is 52.9 Å². The van der Waals surface area contributed by atoms with Gasteiger partial charge in [0, 0.05) is 4.88 Å². The molecule has 0 aliphatic heterocycles. The van der Waals surface area contributed by atoms with E-state index in [1.807, 2.05) is 0 Å². The van der Waals surface area contributed by atoms with Crippen LogP contribution in [0.2, 0.25) is 0 Å². The molecule has 3 nitrogen and oxygen atoms in total. The van der Waals surface area contributed by atoms with Crippen molar-refractivity contribution in [1.82, 2.24) is 0 Å². The van der Waals surface area contributed by atoms with Crippen LogP contribution < -0.4 is 5.32 Å². The quantitative estimate of drug-likeness (QED) is 0.825. The number of nitrogens with zero attached hydrogens (tertiary/aromatic N) is 1. The summed E-state index contributed by atoms with van der Waals surface area (Å²) >= 11 is 6.95. The number of nitriles is 1. The zero-order valence-electron chi connectivity index (χ0n) is 8.68. The fraction of sp³-hybridized carbons (Fsp3) is 0.455. The Hall–Kier alpha value is -1.05. The van der Waals surface area contributed by atoms with E-state index < -0.39 is 0 Å². The van der Waals surface area contributed by atoms with Crippen LogP contribution in [0.3, 0.4) is 0 Å². The molecule has 0 bridgehead atoms. The minimum absolute atomic E-state index is 0.0760. The molecule has 0 fully saturated rings. The lowest BCUT2D eigenvalue weighted by Gasteiger charge is -2.09. The Morgan fingerprint density at radius 2 is 2.25 bits per heavy atom. The molecule has 1 aromatic heterocycles. The lowest BCUT2D eigenvalue weighted by Crippen LogP contribution is -2.12. The van der Waals surface area contributed by atoms with Crippen LogP contribution in [0.4, 0.5) is 5.00 Å². The van der Waals surface area contributed by atoms with Gasteiger partial charge < -0.3 is 5.32 Å². The molecule has 0 radical (unpaired) electrons. The van der Waals surface area contributed by atoms with Gasteiger partial charge in [-0.25, -0.2) is 0 Å². The average molecular weight is 255 g/mol. The summed E-state index contributed by atoms with van der Waals surface area (Å²) in [6.45, 7) is 0. The zero-order chi connectivity index (χ0) is 11.5. The third-order valence-electron chi connectivity index (χ3n) is 2.66. The molecule has 0 saturated carbocycles. The highest BCUT2D eigenvalue weighted by molar-refractivity contribution is 7.16. The normalized spacial score (nSPS) is 14.0. The van der Waals surface area contributed by atoms with Gasteiger partial charge in [0.15, 0.2) is 0 Å². The first-order chi connectivity index (χ1) is 7.76. The maximum absolute atomic E-state index is 11.2. The number of thiophene rings is 1. The number of hydrogen-bond donors (Lipinski definition) is 1. The standard InChI is InChI=1S/C11H11ClN2OS/c12-5-10(15)14-11-8(6-13)7-3-1-2-4-9(7)16-11/h1-5H2,(H,14,15). The number of anilines is 1. The number of carbonyl (C=O) groups is 1. The molecule has 84 valence electrons. The lowest BCUT2D eigenvalue weighted by atomic mass is 9.96. The highest BCUT2D eigenvalue weighted by atomic mass is 35.5. The second-order valence-corrected chi connectivity index (χ2v) is 5.08. The van der Waals surface area contributed by atoms with Crippen LogP contribution in [-0.2, 0) is 17.6 Å². The van der Waals surface area contributed by atoms with Crippen LogP contribution in [0.1, 0.15) is 28.8 Å². The van der Waals surface area contributed by atoms with E-state index in [2.05, 4.69) is 11.4 Å². The van der Waals surface area contributed by atoms with Crippen LogP contribution in [0, 0.1) is 11.3 Å². The van der Waals surface area contributed by atoms with E-state index in [1.165, 1.54) is 22.6 Å². The van der Waals surface area contributed by atoms with Gasteiger partial charge in [-0.05, 0) is 31.2 Å². The molecule has 0 saturated heterocycles. The van der Waals surface area contributed by atoms with Gasteiger partial charge in [-0.15, -0.1) is 22.9 Å². The third-order valence-corrected chi connectivity index (χ3v) is 4.11. The summed E-state index contributed by atoms with van der Waals surface area (Å²) in [6.07, 6.45) is 4.26. The fourth-order valence-electron chi connectivity index (χ4n) is 1.93. The first-order valence-electron chi connectivity index (χ1n) is 5.16. The molecule has 1 aliphatic carbocycles. The Morgan fingerprint density at radius 3 is 2.94 bits per heavy atom. The molecule has 0 aromatic carbocycles. The minimum Gasteiger partial charge on any atom is -0.316 e. The monoisotopic (exact) mass is 254 g/mol. The smallest absolute Gasteiger partial charge is 0.239 e. The van der Waals surface area contributed by atoms with E-state index in [4.69, 9.17) is 16.9 Å². The average Bonchev–Trinajstić information content (AvgIpc) is 2.65. The largest absolute Gasteiger partial charge is 0.316 e. The Labute approximate surface area is 103 Å². The second-order valence-electron chi connectivity index (χ2n) is 3.71. The molecule has 1 amide bonds. The number of halogens is 1. The SMILES string of the molecule is N#Cc1c(NC(=O)CCl)sc2c1CCCC2. The molecular weight excluding hydrogens is 244 g/mol. The number of nitrogens with one attached hydrogen (secondary N) is 1. The Balaban J connectivity index is 2.35. The predicted octanol–water partition coefficient (Wildman–Crippen LogP) is 2.68. The summed E-state index contributed by atoms with van der Waals surface area (Å²) in [6, 6.07) is 2.19. The first-order valence-corrected chi connectivity index (χ1v) is 6.51. The van der Waals surface area contributed by atoms with Crippen molar-refractivity contribution in [1.29, 1.82) is 5.26 Å². The third kappa shape index (κ3) is 2.06. The van der Waals surface area contributed by atoms with Crippen molar-refractivity contribution < 1.29 is 4.79 Å². The summed E-state index contributed by atoms with van der Waals surface area (Å²) < 4.78 is 0. The number of fused-ring (bicyclic) bond motifs is 1. The van der Waals surface area contributed by atoms with E-state index in [-0.39, 0.29) is 11.8 Å². The van der Waals surface area contributed by atoms with Gasteiger partial charge in [-0.2, -0.15) is 5.26 Å².